The number of hydrogen-bond acceptors (Lipinski definition) is 3. The molecular weight excluding hydrogens is 232 g/mol. The van der Waals surface area contributed by atoms with Crippen molar-refractivity contribution in [3.63, 3.8) is 0 Å². The minimum absolute atomic E-state index is 0.105. The lowest BCUT2D eigenvalue weighted by Crippen LogP contribution is -1.92. The number of phenolic OH excluding ortho intramolecular Hbond substituents is 1. The molecule has 0 spiro atoms. The Kier molecular flexibility index (Phi) is 3.40. The maximum Gasteiger partial charge on any atom is 0.186 e. The molecule has 0 saturated heterocycles. The summed E-state index contributed by atoms with van der Waals surface area (Å²) in [6.45, 7) is 2.02. The number of carbonyl (C=O) groups is 1. The van der Waals surface area contributed by atoms with Crippen LogP contribution in [-0.2, 0) is 0 Å². The predicted molar refractivity (Wildman–Crippen MR) is 70.5 cm³/mol. The average Bonchev–Trinajstić information content (AvgIpc) is 2.72. The van der Waals surface area contributed by atoms with E-state index < -0.39 is 0 Å². The minimum Gasteiger partial charge on any atom is -0.508 e. The van der Waals surface area contributed by atoms with E-state index in [4.69, 9.17) is 0 Å². The maximum atomic E-state index is 11.8. The normalized spacial score (nSPS) is 10.9. The minimum atomic E-state index is -0.105. The van der Waals surface area contributed by atoms with Crippen molar-refractivity contribution in [2.24, 2.45) is 0 Å². The molecule has 0 unspecified atom stereocenters. The highest BCUT2D eigenvalue weighted by Crippen LogP contribution is 2.16. The Morgan fingerprint density at radius 1 is 1.35 bits per heavy atom. The molecule has 0 aliphatic carbocycles. The third-order valence-corrected chi connectivity index (χ3v) is 3.30. The van der Waals surface area contributed by atoms with Crippen LogP contribution in [0.1, 0.15) is 20.8 Å². The summed E-state index contributed by atoms with van der Waals surface area (Å²) in [7, 11) is 0. The summed E-state index contributed by atoms with van der Waals surface area (Å²) >= 11 is 1.60. The SMILES string of the molecule is Cc1csc(/C=C/C(=O)c2cccc(O)c2)c1. The number of thiophene rings is 1. The number of hydrogen-bond donors (Lipinski definition) is 1. The Balaban J connectivity index is 2.14. The van der Waals surface area contributed by atoms with Crippen LogP contribution in [0.15, 0.2) is 41.8 Å². The molecule has 0 aliphatic rings. The number of phenols is 1. The second-order valence-electron chi connectivity index (χ2n) is 3.77. The number of allylic oxidation sites excluding steroid dienone is 1. The van der Waals surface area contributed by atoms with Crippen LogP contribution in [0.4, 0.5) is 0 Å². The number of aromatic hydroxyl groups is 1. The molecule has 0 bridgehead atoms. The fourth-order valence-electron chi connectivity index (χ4n) is 1.45. The zero-order valence-corrected chi connectivity index (χ0v) is 10.2. The molecule has 0 saturated carbocycles. The molecule has 1 aromatic carbocycles. The van der Waals surface area contributed by atoms with Crippen LogP contribution in [0.2, 0.25) is 0 Å². The van der Waals surface area contributed by atoms with Gasteiger partial charge in [0.2, 0.25) is 0 Å². The highest BCUT2D eigenvalue weighted by Gasteiger charge is 2.02. The summed E-state index contributed by atoms with van der Waals surface area (Å²) in [6, 6.07) is 8.38. The zero-order chi connectivity index (χ0) is 12.3. The van der Waals surface area contributed by atoms with Crippen molar-refractivity contribution >= 4 is 23.2 Å². The number of carbonyl (C=O) groups excluding carboxylic acids is 1. The van der Waals surface area contributed by atoms with E-state index in [1.165, 1.54) is 17.7 Å². The van der Waals surface area contributed by atoms with E-state index in [9.17, 15) is 9.90 Å². The third-order valence-electron chi connectivity index (χ3n) is 2.28. The molecule has 0 fully saturated rings. The fourth-order valence-corrected chi connectivity index (χ4v) is 2.24. The van der Waals surface area contributed by atoms with Gasteiger partial charge in [-0.2, -0.15) is 0 Å². The number of aryl methyl sites for hydroxylation is 1. The van der Waals surface area contributed by atoms with Crippen LogP contribution in [-0.4, -0.2) is 10.9 Å². The quantitative estimate of drug-likeness (QED) is 0.661. The summed E-state index contributed by atoms with van der Waals surface area (Å²) in [4.78, 5) is 12.8. The van der Waals surface area contributed by atoms with Crippen molar-refractivity contribution in [1.29, 1.82) is 0 Å². The van der Waals surface area contributed by atoms with Crippen molar-refractivity contribution in [1.82, 2.24) is 0 Å². The van der Waals surface area contributed by atoms with Crippen LogP contribution >= 0.6 is 11.3 Å². The first-order valence-corrected chi connectivity index (χ1v) is 6.10. The first-order valence-electron chi connectivity index (χ1n) is 5.22. The molecule has 3 heteroatoms. The predicted octanol–water partition coefficient (Wildman–Crippen LogP) is 3.66. The van der Waals surface area contributed by atoms with Crippen LogP contribution in [0, 0.1) is 6.92 Å². The van der Waals surface area contributed by atoms with Crippen LogP contribution in [0.3, 0.4) is 0 Å². The lowest BCUT2D eigenvalue weighted by Gasteiger charge is -1.96. The van der Waals surface area contributed by atoms with Crippen molar-refractivity contribution in [2.75, 3.05) is 0 Å². The van der Waals surface area contributed by atoms with Gasteiger partial charge in [-0.1, -0.05) is 12.1 Å². The van der Waals surface area contributed by atoms with E-state index in [1.54, 1.807) is 35.6 Å². The van der Waals surface area contributed by atoms with Crippen molar-refractivity contribution in [3.05, 3.63) is 57.8 Å². The van der Waals surface area contributed by atoms with Crippen LogP contribution in [0.5, 0.6) is 5.75 Å². The molecule has 1 heterocycles. The van der Waals surface area contributed by atoms with Crippen molar-refractivity contribution in [3.8, 4) is 5.75 Å². The highest BCUT2D eigenvalue weighted by molar-refractivity contribution is 7.11. The summed E-state index contributed by atoms with van der Waals surface area (Å²) in [6.07, 6.45) is 3.32. The Bertz CT molecular complexity index is 567. The van der Waals surface area contributed by atoms with Crippen LogP contribution in [0.25, 0.3) is 6.08 Å². The zero-order valence-electron chi connectivity index (χ0n) is 9.38. The molecule has 0 amide bonds. The van der Waals surface area contributed by atoms with Gasteiger partial charge in [0.05, 0.1) is 0 Å². The van der Waals surface area contributed by atoms with E-state index in [2.05, 4.69) is 0 Å². The molecular formula is C14H12O2S. The van der Waals surface area contributed by atoms with Gasteiger partial charge in [-0.3, -0.25) is 4.79 Å². The van der Waals surface area contributed by atoms with Gasteiger partial charge in [0.25, 0.3) is 0 Å². The molecule has 0 atom stereocenters. The summed E-state index contributed by atoms with van der Waals surface area (Å²) in [5.41, 5.74) is 1.69. The number of benzene rings is 1. The van der Waals surface area contributed by atoms with Crippen molar-refractivity contribution < 1.29 is 9.90 Å². The second-order valence-corrected chi connectivity index (χ2v) is 4.72. The molecule has 2 nitrogen and oxygen atoms in total. The topological polar surface area (TPSA) is 37.3 Å². The Morgan fingerprint density at radius 3 is 2.82 bits per heavy atom. The van der Waals surface area contributed by atoms with Gasteiger partial charge < -0.3 is 5.11 Å². The van der Waals surface area contributed by atoms with Gasteiger partial charge in [-0.15, -0.1) is 11.3 Å². The van der Waals surface area contributed by atoms with Gasteiger partial charge in [0.15, 0.2) is 5.78 Å². The number of ketones is 1. The van der Waals surface area contributed by atoms with E-state index >= 15 is 0 Å². The Morgan fingerprint density at radius 2 is 2.18 bits per heavy atom. The first kappa shape index (κ1) is 11.6. The Labute approximate surface area is 104 Å². The fraction of sp³-hybridized carbons (Fsp3) is 0.0714. The number of rotatable bonds is 3. The Hall–Kier alpha value is -1.87. The largest absolute Gasteiger partial charge is 0.508 e. The molecule has 86 valence electrons. The lowest BCUT2D eigenvalue weighted by atomic mass is 10.1. The van der Waals surface area contributed by atoms with Gasteiger partial charge in [0, 0.05) is 10.4 Å². The van der Waals surface area contributed by atoms with Crippen molar-refractivity contribution in [2.45, 2.75) is 6.92 Å². The van der Waals surface area contributed by atoms with E-state index in [0.29, 0.717) is 5.56 Å². The van der Waals surface area contributed by atoms with Gasteiger partial charge in [-0.05, 0) is 48.2 Å². The summed E-state index contributed by atoms with van der Waals surface area (Å²) in [5, 5.41) is 11.3. The molecule has 2 aromatic rings. The molecule has 2 rings (SSSR count). The van der Waals surface area contributed by atoms with E-state index in [0.717, 1.165) is 4.88 Å². The maximum absolute atomic E-state index is 11.8. The van der Waals surface area contributed by atoms with E-state index in [1.807, 2.05) is 18.4 Å². The standard InChI is InChI=1S/C14H12O2S/c1-10-7-13(17-9-10)5-6-14(16)11-3-2-4-12(15)8-11/h2-9,15H,1H3/b6-5+. The smallest absolute Gasteiger partial charge is 0.186 e. The average molecular weight is 244 g/mol. The summed E-state index contributed by atoms with van der Waals surface area (Å²) in [5.74, 6) is 0.00294. The molecule has 17 heavy (non-hydrogen) atoms. The third kappa shape index (κ3) is 3.04. The highest BCUT2D eigenvalue weighted by atomic mass is 32.1. The van der Waals surface area contributed by atoms with Gasteiger partial charge in [0.1, 0.15) is 5.75 Å². The second kappa shape index (κ2) is 4.97. The molecule has 0 radical (unpaired) electrons. The summed E-state index contributed by atoms with van der Waals surface area (Å²) < 4.78 is 0. The molecule has 0 aliphatic heterocycles. The monoisotopic (exact) mass is 244 g/mol. The first-order chi connectivity index (χ1) is 8.15. The van der Waals surface area contributed by atoms with Gasteiger partial charge >= 0.3 is 0 Å². The lowest BCUT2D eigenvalue weighted by molar-refractivity contribution is 0.104. The van der Waals surface area contributed by atoms with Crippen LogP contribution < -0.4 is 0 Å². The van der Waals surface area contributed by atoms with Gasteiger partial charge in [-0.25, -0.2) is 0 Å². The molecule has 1 N–H and O–H groups in total. The molecule has 1 aromatic heterocycles. The van der Waals surface area contributed by atoms with E-state index in [-0.39, 0.29) is 11.5 Å².